The van der Waals surface area contributed by atoms with E-state index in [0.29, 0.717) is 11.5 Å². The van der Waals surface area contributed by atoms with Crippen molar-refractivity contribution in [2.75, 3.05) is 25.0 Å². The van der Waals surface area contributed by atoms with Crippen molar-refractivity contribution in [3.8, 4) is 17.0 Å². The molecule has 3 heterocycles. The number of benzene rings is 3. The van der Waals surface area contributed by atoms with E-state index in [9.17, 15) is 5.11 Å². The maximum atomic E-state index is 11.1. The minimum atomic E-state index is 0.0918. The molecule has 0 saturated carbocycles. The molecule has 0 unspecified atom stereocenters. The second kappa shape index (κ2) is 11.1. The van der Waals surface area contributed by atoms with Crippen molar-refractivity contribution in [1.29, 1.82) is 0 Å². The fraction of sp³-hybridized carbons (Fsp3) is 0.219. The standard InChI is InChI=1S/C32H32N6O/c1-2-33-32-34-19-25(20-35-32)24-12-15-27-28(18-24)37-31(39)29(27)30(23-8-4-3-5-9-23)36-26-13-10-22(11-14-26)21-38-16-6-7-17-38/h3-5,8-15,18-20,37,39H,2,6-7,16-17,21H2,1H3,(H,33,34,35). The van der Waals surface area contributed by atoms with Gasteiger partial charge in [-0.05, 0) is 62.2 Å². The summed E-state index contributed by atoms with van der Waals surface area (Å²) in [5, 5.41) is 15.1. The van der Waals surface area contributed by atoms with Crippen LogP contribution in [0, 0.1) is 0 Å². The molecule has 7 heteroatoms. The summed E-state index contributed by atoms with van der Waals surface area (Å²) in [6.07, 6.45) is 6.18. The van der Waals surface area contributed by atoms with Gasteiger partial charge in [0.25, 0.3) is 0 Å². The average molecular weight is 517 g/mol. The Bertz CT molecular complexity index is 1580. The molecule has 3 N–H and O–H groups in total. The molecule has 7 nitrogen and oxygen atoms in total. The minimum Gasteiger partial charge on any atom is -0.494 e. The van der Waals surface area contributed by atoms with Crippen molar-refractivity contribution in [3.63, 3.8) is 0 Å². The average Bonchev–Trinajstić information content (AvgIpc) is 3.60. The smallest absolute Gasteiger partial charge is 0.222 e. The summed E-state index contributed by atoms with van der Waals surface area (Å²) in [6, 6.07) is 24.5. The van der Waals surface area contributed by atoms with E-state index in [0.717, 1.165) is 52.1 Å². The summed E-state index contributed by atoms with van der Waals surface area (Å²) in [4.78, 5) is 19.5. The molecule has 2 aromatic heterocycles. The van der Waals surface area contributed by atoms with Crippen LogP contribution in [0.5, 0.6) is 5.88 Å². The third-order valence-corrected chi connectivity index (χ3v) is 7.16. The molecule has 6 rings (SSSR count). The zero-order valence-corrected chi connectivity index (χ0v) is 22.1. The van der Waals surface area contributed by atoms with Gasteiger partial charge in [0.05, 0.1) is 17.0 Å². The molecule has 0 spiro atoms. The van der Waals surface area contributed by atoms with Gasteiger partial charge < -0.3 is 15.4 Å². The summed E-state index contributed by atoms with van der Waals surface area (Å²) >= 11 is 0. The third kappa shape index (κ3) is 5.40. The number of aromatic nitrogens is 3. The Labute approximate surface area is 228 Å². The summed E-state index contributed by atoms with van der Waals surface area (Å²) in [5.74, 6) is 0.698. The first-order chi connectivity index (χ1) is 19.2. The summed E-state index contributed by atoms with van der Waals surface area (Å²) < 4.78 is 0. The molecular weight excluding hydrogens is 484 g/mol. The van der Waals surface area contributed by atoms with Gasteiger partial charge >= 0.3 is 0 Å². The number of hydrogen-bond acceptors (Lipinski definition) is 6. The summed E-state index contributed by atoms with van der Waals surface area (Å²) in [5.41, 5.74) is 7.17. The highest BCUT2D eigenvalue weighted by Crippen LogP contribution is 2.34. The SMILES string of the molecule is CCNc1ncc(-c2ccc3c(C(=Nc4ccc(CN5CCCC5)cc4)c4ccccc4)c(O)[nH]c3c2)cn1. The van der Waals surface area contributed by atoms with E-state index in [1.165, 1.54) is 31.5 Å². The van der Waals surface area contributed by atoms with E-state index >= 15 is 0 Å². The van der Waals surface area contributed by atoms with E-state index < -0.39 is 0 Å². The number of aromatic hydroxyl groups is 1. The van der Waals surface area contributed by atoms with Gasteiger partial charge in [-0.25, -0.2) is 15.0 Å². The molecule has 1 saturated heterocycles. The van der Waals surface area contributed by atoms with Crippen LogP contribution in [0.15, 0.2) is 90.2 Å². The Morgan fingerprint density at radius 1 is 0.949 bits per heavy atom. The van der Waals surface area contributed by atoms with Crippen molar-refractivity contribution in [1.82, 2.24) is 19.9 Å². The number of nitrogens with one attached hydrogen (secondary N) is 2. The number of anilines is 1. The Kier molecular flexibility index (Phi) is 7.06. The van der Waals surface area contributed by atoms with E-state index in [1.54, 1.807) is 12.4 Å². The van der Waals surface area contributed by atoms with Gasteiger partial charge in [-0.2, -0.15) is 0 Å². The molecule has 1 fully saturated rings. The lowest BCUT2D eigenvalue weighted by Crippen LogP contribution is -2.18. The van der Waals surface area contributed by atoms with E-state index in [-0.39, 0.29) is 5.88 Å². The molecule has 1 aliphatic heterocycles. The second-order valence-corrected chi connectivity index (χ2v) is 9.91. The van der Waals surface area contributed by atoms with Crippen LogP contribution >= 0.6 is 0 Å². The van der Waals surface area contributed by atoms with Gasteiger partial charge in [-0.1, -0.05) is 54.6 Å². The fourth-order valence-corrected chi connectivity index (χ4v) is 5.19. The van der Waals surface area contributed by atoms with Gasteiger partial charge in [0.2, 0.25) is 5.95 Å². The predicted octanol–water partition coefficient (Wildman–Crippen LogP) is 6.53. The van der Waals surface area contributed by atoms with Gasteiger partial charge in [0.1, 0.15) is 0 Å². The molecule has 0 aliphatic carbocycles. The maximum Gasteiger partial charge on any atom is 0.222 e. The first-order valence-corrected chi connectivity index (χ1v) is 13.5. The van der Waals surface area contributed by atoms with Crippen LogP contribution in [0.25, 0.3) is 22.0 Å². The number of nitrogens with zero attached hydrogens (tertiary/aromatic N) is 4. The lowest BCUT2D eigenvalue weighted by Gasteiger charge is -2.14. The third-order valence-electron chi connectivity index (χ3n) is 7.16. The van der Waals surface area contributed by atoms with Gasteiger partial charge in [0.15, 0.2) is 5.88 Å². The Hall–Kier alpha value is -4.49. The number of likely N-dealkylation sites (tertiary alicyclic amines) is 1. The topological polar surface area (TPSA) is 89.4 Å². The Balaban J connectivity index is 1.37. The van der Waals surface area contributed by atoms with Gasteiger partial charge in [0, 0.05) is 47.5 Å². The zero-order chi connectivity index (χ0) is 26.6. The molecule has 0 amide bonds. The highest BCUT2D eigenvalue weighted by atomic mass is 16.3. The van der Waals surface area contributed by atoms with Crippen LogP contribution in [0.1, 0.15) is 36.5 Å². The molecular formula is C32H32N6O. The fourth-order valence-electron chi connectivity index (χ4n) is 5.19. The number of aromatic amines is 1. The quantitative estimate of drug-likeness (QED) is 0.204. The van der Waals surface area contributed by atoms with Crippen LogP contribution < -0.4 is 5.32 Å². The molecule has 0 atom stereocenters. The molecule has 0 bridgehead atoms. The van der Waals surface area contributed by atoms with Crippen molar-refractivity contribution in [3.05, 3.63) is 102 Å². The van der Waals surface area contributed by atoms with Crippen molar-refractivity contribution >= 4 is 28.3 Å². The van der Waals surface area contributed by atoms with Crippen molar-refractivity contribution in [2.45, 2.75) is 26.3 Å². The van der Waals surface area contributed by atoms with E-state index in [4.69, 9.17) is 4.99 Å². The zero-order valence-electron chi connectivity index (χ0n) is 22.1. The van der Waals surface area contributed by atoms with Crippen molar-refractivity contribution in [2.24, 2.45) is 4.99 Å². The highest BCUT2D eigenvalue weighted by molar-refractivity contribution is 6.22. The molecule has 1 aliphatic rings. The van der Waals surface area contributed by atoms with Crippen LogP contribution in [-0.4, -0.2) is 50.3 Å². The lowest BCUT2D eigenvalue weighted by atomic mass is 9.99. The summed E-state index contributed by atoms with van der Waals surface area (Å²) in [6.45, 7) is 6.11. The van der Waals surface area contributed by atoms with Crippen LogP contribution in [0.4, 0.5) is 11.6 Å². The molecule has 39 heavy (non-hydrogen) atoms. The second-order valence-electron chi connectivity index (χ2n) is 9.91. The molecule has 5 aromatic rings. The number of fused-ring (bicyclic) bond motifs is 1. The Morgan fingerprint density at radius 3 is 2.41 bits per heavy atom. The number of rotatable bonds is 8. The number of H-pyrrole nitrogens is 1. The maximum absolute atomic E-state index is 11.1. The van der Waals surface area contributed by atoms with E-state index in [1.807, 2.05) is 55.5 Å². The number of aliphatic imine (C=N–C) groups is 1. The minimum absolute atomic E-state index is 0.0918. The predicted molar refractivity (Wildman–Crippen MR) is 158 cm³/mol. The largest absolute Gasteiger partial charge is 0.494 e. The van der Waals surface area contributed by atoms with Crippen LogP contribution in [0.2, 0.25) is 0 Å². The normalized spacial score (nSPS) is 14.2. The molecule has 3 aromatic carbocycles. The Morgan fingerprint density at radius 2 is 1.69 bits per heavy atom. The van der Waals surface area contributed by atoms with Crippen molar-refractivity contribution < 1.29 is 5.11 Å². The highest BCUT2D eigenvalue weighted by Gasteiger charge is 2.19. The first kappa shape index (κ1) is 24.8. The van der Waals surface area contributed by atoms with Gasteiger partial charge in [-0.15, -0.1) is 0 Å². The molecule has 0 radical (unpaired) electrons. The lowest BCUT2D eigenvalue weighted by molar-refractivity contribution is 0.331. The van der Waals surface area contributed by atoms with Crippen LogP contribution in [0.3, 0.4) is 0 Å². The monoisotopic (exact) mass is 516 g/mol. The van der Waals surface area contributed by atoms with E-state index in [2.05, 4.69) is 49.4 Å². The first-order valence-electron chi connectivity index (χ1n) is 13.5. The molecule has 196 valence electrons. The van der Waals surface area contributed by atoms with Gasteiger partial charge in [-0.3, -0.25) is 4.90 Å². The van der Waals surface area contributed by atoms with Crippen LogP contribution in [-0.2, 0) is 6.54 Å². The number of hydrogen-bond donors (Lipinski definition) is 3. The summed E-state index contributed by atoms with van der Waals surface area (Å²) in [7, 11) is 0.